The van der Waals surface area contributed by atoms with Crippen molar-refractivity contribution in [1.29, 1.82) is 0 Å². The second kappa shape index (κ2) is 6.79. The van der Waals surface area contributed by atoms with Gasteiger partial charge in [-0.15, -0.1) is 0 Å². The minimum Gasteiger partial charge on any atom is -0.368 e. The van der Waals surface area contributed by atoms with Gasteiger partial charge in [0.2, 0.25) is 5.96 Å². The van der Waals surface area contributed by atoms with Gasteiger partial charge in [-0.05, 0) is 30.7 Å². The molecule has 0 aliphatic carbocycles. The van der Waals surface area contributed by atoms with Crippen molar-refractivity contribution in [3.05, 3.63) is 41.7 Å². The van der Waals surface area contributed by atoms with Crippen molar-refractivity contribution in [2.24, 2.45) is 10.7 Å². The maximum absolute atomic E-state index is 12.8. The molecule has 1 fully saturated rings. The summed E-state index contributed by atoms with van der Waals surface area (Å²) in [5.41, 5.74) is 5.87. The van der Waals surface area contributed by atoms with Crippen LogP contribution in [0.25, 0.3) is 0 Å². The van der Waals surface area contributed by atoms with Crippen molar-refractivity contribution in [3.8, 4) is 0 Å². The lowest BCUT2D eigenvalue weighted by atomic mass is 9.93. The summed E-state index contributed by atoms with van der Waals surface area (Å²) in [5, 5.41) is 7.46. The molecule has 0 amide bonds. The second-order valence-electron chi connectivity index (χ2n) is 7.41. The van der Waals surface area contributed by atoms with E-state index in [1.165, 1.54) is 12.1 Å². The van der Waals surface area contributed by atoms with E-state index in [9.17, 15) is 13.2 Å². The van der Waals surface area contributed by atoms with E-state index in [1.54, 1.807) is 11.1 Å². The van der Waals surface area contributed by atoms with Crippen molar-refractivity contribution >= 4 is 17.5 Å². The number of aromatic nitrogens is 1. The first-order valence-electron chi connectivity index (χ1n) is 8.59. The number of anilines is 1. The third kappa shape index (κ3) is 4.17. The van der Waals surface area contributed by atoms with Crippen LogP contribution in [0, 0.1) is 0 Å². The van der Waals surface area contributed by atoms with E-state index >= 15 is 0 Å². The third-order valence-electron chi connectivity index (χ3n) is 4.25. The number of aliphatic imine (C=N–C) groups is 1. The first kappa shape index (κ1) is 19.1. The molecule has 0 atom stereocenters. The summed E-state index contributed by atoms with van der Waals surface area (Å²) in [4.78, 5) is 4.30. The van der Waals surface area contributed by atoms with Crippen LogP contribution in [0.2, 0.25) is 0 Å². The summed E-state index contributed by atoms with van der Waals surface area (Å²) in [7, 11) is 0. The lowest BCUT2D eigenvalue weighted by molar-refractivity contribution is -0.137. The molecule has 27 heavy (non-hydrogen) atoms. The molecule has 3 rings (SSSR count). The fourth-order valence-corrected chi connectivity index (χ4v) is 2.79. The molecule has 2 heterocycles. The molecule has 6 nitrogen and oxygen atoms in total. The number of hydrogen-bond donors (Lipinski definition) is 1. The van der Waals surface area contributed by atoms with Gasteiger partial charge in [-0.3, -0.25) is 10.0 Å². The van der Waals surface area contributed by atoms with E-state index in [2.05, 4.69) is 10.1 Å². The predicted molar refractivity (Wildman–Crippen MR) is 96.6 cm³/mol. The molecular formula is C18H22F3N5O. The Balaban J connectivity index is 1.80. The van der Waals surface area contributed by atoms with Gasteiger partial charge in [0.1, 0.15) is 5.76 Å². The third-order valence-corrected chi connectivity index (χ3v) is 4.25. The Kier molecular flexibility index (Phi) is 4.79. The zero-order chi connectivity index (χ0) is 19.8. The number of hydrogen-bond acceptors (Lipinski definition) is 4. The molecule has 1 aromatic heterocycles. The van der Waals surface area contributed by atoms with Crippen molar-refractivity contribution in [2.45, 2.75) is 38.8 Å². The Morgan fingerprint density at radius 1 is 1.15 bits per heavy atom. The lowest BCUT2D eigenvalue weighted by Gasteiger charge is -2.30. The number of nitrogens with two attached hydrogens (primary N) is 1. The summed E-state index contributed by atoms with van der Waals surface area (Å²) in [5.74, 6) is 1.26. The number of benzene rings is 1. The Morgan fingerprint density at radius 3 is 2.37 bits per heavy atom. The van der Waals surface area contributed by atoms with E-state index in [4.69, 9.17) is 10.3 Å². The fourth-order valence-electron chi connectivity index (χ4n) is 2.79. The minimum atomic E-state index is -4.36. The SMILES string of the molecule is CC(C)(C)c1cc(N=C(N)N2CCCN2c2ccc(C(F)(F)F)cc2)no1. The quantitative estimate of drug-likeness (QED) is 0.627. The summed E-state index contributed by atoms with van der Waals surface area (Å²) in [6, 6.07) is 6.72. The predicted octanol–water partition coefficient (Wildman–Crippen LogP) is 4.06. The molecule has 146 valence electrons. The van der Waals surface area contributed by atoms with Crippen LogP contribution in [0.1, 0.15) is 38.5 Å². The maximum atomic E-state index is 12.8. The van der Waals surface area contributed by atoms with Gasteiger partial charge in [0.15, 0.2) is 5.82 Å². The topological polar surface area (TPSA) is 70.9 Å². The molecule has 0 bridgehead atoms. The van der Waals surface area contributed by atoms with E-state index in [0.717, 1.165) is 18.6 Å². The highest BCUT2D eigenvalue weighted by atomic mass is 19.4. The van der Waals surface area contributed by atoms with Crippen molar-refractivity contribution in [2.75, 3.05) is 18.1 Å². The molecular weight excluding hydrogens is 359 g/mol. The van der Waals surface area contributed by atoms with Crippen LogP contribution in [0.3, 0.4) is 0 Å². The molecule has 1 aliphatic rings. The second-order valence-corrected chi connectivity index (χ2v) is 7.41. The fraction of sp³-hybridized carbons (Fsp3) is 0.444. The zero-order valence-electron chi connectivity index (χ0n) is 15.4. The molecule has 0 radical (unpaired) electrons. The van der Waals surface area contributed by atoms with Crippen LogP contribution in [-0.4, -0.2) is 29.2 Å². The smallest absolute Gasteiger partial charge is 0.368 e. The summed E-state index contributed by atoms with van der Waals surface area (Å²) < 4.78 is 43.6. The molecule has 1 aromatic carbocycles. The van der Waals surface area contributed by atoms with Gasteiger partial charge < -0.3 is 10.3 Å². The van der Waals surface area contributed by atoms with Crippen LogP contribution in [-0.2, 0) is 11.6 Å². The van der Waals surface area contributed by atoms with Gasteiger partial charge in [-0.1, -0.05) is 25.9 Å². The normalized spacial score (nSPS) is 16.3. The first-order chi connectivity index (χ1) is 12.6. The first-order valence-corrected chi connectivity index (χ1v) is 8.59. The summed E-state index contributed by atoms with van der Waals surface area (Å²) in [6.45, 7) is 7.24. The molecule has 0 saturated carbocycles. The minimum absolute atomic E-state index is 0.199. The van der Waals surface area contributed by atoms with Gasteiger partial charge >= 0.3 is 6.18 Å². The molecule has 1 saturated heterocycles. The summed E-state index contributed by atoms with van der Waals surface area (Å²) >= 11 is 0. The maximum Gasteiger partial charge on any atom is 0.416 e. The zero-order valence-corrected chi connectivity index (χ0v) is 15.4. The largest absolute Gasteiger partial charge is 0.416 e. The van der Waals surface area contributed by atoms with E-state index in [0.29, 0.717) is 30.4 Å². The Morgan fingerprint density at radius 2 is 1.81 bits per heavy atom. The van der Waals surface area contributed by atoms with Gasteiger partial charge in [-0.25, -0.2) is 0 Å². The number of nitrogens with zero attached hydrogens (tertiary/aromatic N) is 4. The highest BCUT2D eigenvalue weighted by molar-refractivity contribution is 5.82. The van der Waals surface area contributed by atoms with Crippen LogP contribution < -0.4 is 10.7 Å². The molecule has 1 aliphatic heterocycles. The average molecular weight is 381 g/mol. The van der Waals surface area contributed by atoms with Crippen molar-refractivity contribution in [3.63, 3.8) is 0 Å². The number of alkyl halides is 3. The highest BCUT2D eigenvalue weighted by Crippen LogP contribution is 2.32. The van der Waals surface area contributed by atoms with E-state index in [1.807, 2.05) is 25.8 Å². The lowest BCUT2D eigenvalue weighted by Crippen LogP contribution is -2.45. The van der Waals surface area contributed by atoms with E-state index in [-0.39, 0.29) is 11.4 Å². The van der Waals surface area contributed by atoms with Crippen molar-refractivity contribution in [1.82, 2.24) is 10.2 Å². The van der Waals surface area contributed by atoms with Crippen LogP contribution >= 0.6 is 0 Å². The monoisotopic (exact) mass is 381 g/mol. The Bertz CT molecular complexity index is 821. The molecule has 2 aromatic rings. The number of halogens is 3. The van der Waals surface area contributed by atoms with Gasteiger partial charge in [0.25, 0.3) is 0 Å². The van der Waals surface area contributed by atoms with Gasteiger partial charge in [0.05, 0.1) is 11.3 Å². The number of hydrazine groups is 1. The Labute approximate surface area is 155 Å². The van der Waals surface area contributed by atoms with Crippen LogP contribution in [0.4, 0.5) is 24.7 Å². The number of guanidine groups is 1. The number of rotatable bonds is 2. The van der Waals surface area contributed by atoms with Crippen LogP contribution in [0.15, 0.2) is 39.8 Å². The molecule has 0 unspecified atom stereocenters. The summed E-state index contributed by atoms with van der Waals surface area (Å²) in [6.07, 6.45) is -3.55. The van der Waals surface area contributed by atoms with Crippen molar-refractivity contribution < 1.29 is 17.7 Å². The highest BCUT2D eigenvalue weighted by Gasteiger charge is 2.31. The Hall–Kier alpha value is -2.71. The molecule has 9 heteroatoms. The van der Waals surface area contributed by atoms with Crippen LogP contribution in [0.5, 0.6) is 0 Å². The standard InChI is InChI=1S/C18H22F3N5O/c1-17(2,3)14-11-15(24-27-14)23-16(22)26-10-4-9-25(26)13-7-5-12(6-8-13)18(19,20)21/h5-8,11H,4,9-10H2,1-3H3,(H2,22,23,24). The van der Waals surface area contributed by atoms with Gasteiger partial charge in [0, 0.05) is 24.6 Å². The van der Waals surface area contributed by atoms with E-state index < -0.39 is 11.7 Å². The molecule has 2 N–H and O–H groups in total. The molecule has 0 spiro atoms. The average Bonchev–Trinajstić information content (AvgIpc) is 3.22. The van der Waals surface area contributed by atoms with Gasteiger partial charge in [-0.2, -0.15) is 18.2 Å².